The lowest BCUT2D eigenvalue weighted by Crippen LogP contribution is -2.39. The fourth-order valence-electron chi connectivity index (χ4n) is 2.39. The molecule has 8 nitrogen and oxygen atoms in total. The Labute approximate surface area is 192 Å². The summed E-state index contributed by atoms with van der Waals surface area (Å²) in [6, 6.07) is 5.96. The summed E-state index contributed by atoms with van der Waals surface area (Å²) in [6.07, 6.45) is 0.791. The first-order valence-electron chi connectivity index (χ1n) is 9.83. The van der Waals surface area contributed by atoms with Crippen molar-refractivity contribution in [2.24, 2.45) is 4.99 Å². The molecule has 0 saturated heterocycles. The topological polar surface area (TPSA) is 101 Å². The van der Waals surface area contributed by atoms with Crippen molar-refractivity contribution in [3.05, 3.63) is 23.8 Å². The molecule has 1 rings (SSSR count). The first kappa shape index (κ1) is 27.7. The van der Waals surface area contributed by atoms with E-state index in [1.54, 1.807) is 6.92 Å². The molecule has 0 fully saturated rings. The van der Waals surface area contributed by atoms with Crippen LogP contribution in [0, 0.1) is 0 Å². The van der Waals surface area contributed by atoms with Crippen LogP contribution in [0.4, 0.5) is 0 Å². The SMILES string of the molecule is CCNC(=NCCNS(=O)(=O)CC)NCCc1ccc(OCC)c(OCC)c1.I. The van der Waals surface area contributed by atoms with Gasteiger partial charge in [0, 0.05) is 19.6 Å². The fourth-order valence-corrected chi connectivity index (χ4v) is 3.00. The van der Waals surface area contributed by atoms with Crippen LogP contribution in [0.3, 0.4) is 0 Å². The van der Waals surface area contributed by atoms with Crippen molar-refractivity contribution in [1.82, 2.24) is 15.4 Å². The van der Waals surface area contributed by atoms with Gasteiger partial charge in [0.1, 0.15) is 0 Å². The van der Waals surface area contributed by atoms with Gasteiger partial charge in [0.25, 0.3) is 0 Å². The molecule has 0 aliphatic carbocycles. The second-order valence-corrected chi connectivity index (χ2v) is 7.98. The second-order valence-electron chi connectivity index (χ2n) is 5.88. The Hall–Kier alpha value is -1.27. The zero-order valence-electron chi connectivity index (χ0n) is 17.8. The van der Waals surface area contributed by atoms with Gasteiger partial charge in [0.05, 0.1) is 25.5 Å². The van der Waals surface area contributed by atoms with E-state index in [4.69, 9.17) is 9.47 Å². The number of ether oxygens (including phenoxy) is 2. The largest absolute Gasteiger partial charge is 0.490 e. The molecule has 0 saturated carbocycles. The lowest BCUT2D eigenvalue weighted by Gasteiger charge is -2.14. The van der Waals surface area contributed by atoms with E-state index < -0.39 is 10.0 Å². The molecule has 0 atom stereocenters. The van der Waals surface area contributed by atoms with Crippen molar-refractivity contribution in [2.45, 2.75) is 34.1 Å². The highest BCUT2D eigenvalue weighted by molar-refractivity contribution is 14.0. The highest BCUT2D eigenvalue weighted by Crippen LogP contribution is 2.28. The number of sulfonamides is 1. The lowest BCUT2D eigenvalue weighted by atomic mass is 10.1. The third-order valence-corrected chi connectivity index (χ3v) is 5.15. The van der Waals surface area contributed by atoms with Crippen molar-refractivity contribution < 1.29 is 17.9 Å². The summed E-state index contributed by atoms with van der Waals surface area (Å²) in [5, 5.41) is 6.42. The van der Waals surface area contributed by atoms with Crippen LogP contribution in [0.15, 0.2) is 23.2 Å². The maximum atomic E-state index is 11.4. The van der Waals surface area contributed by atoms with E-state index in [0.717, 1.165) is 30.0 Å². The summed E-state index contributed by atoms with van der Waals surface area (Å²) < 4.78 is 36.6. The van der Waals surface area contributed by atoms with Gasteiger partial charge in [-0.05, 0) is 51.8 Å². The third kappa shape index (κ3) is 11.5. The first-order chi connectivity index (χ1) is 13.5. The number of nitrogens with one attached hydrogen (secondary N) is 3. The van der Waals surface area contributed by atoms with Crippen LogP contribution in [0.5, 0.6) is 11.5 Å². The Morgan fingerprint density at radius 3 is 2.31 bits per heavy atom. The fraction of sp³-hybridized carbons (Fsp3) is 0.632. The average Bonchev–Trinajstić information content (AvgIpc) is 2.67. The van der Waals surface area contributed by atoms with E-state index in [1.165, 1.54) is 0 Å². The van der Waals surface area contributed by atoms with Gasteiger partial charge in [0.2, 0.25) is 10.0 Å². The number of rotatable bonds is 13. The monoisotopic (exact) mass is 542 g/mol. The molecule has 0 unspecified atom stereocenters. The third-order valence-electron chi connectivity index (χ3n) is 3.74. The minimum Gasteiger partial charge on any atom is -0.490 e. The summed E-state index contributed by atoms with van der Waals surface area (Å²) in [4.78, 5) is 4.39. The average molecular weight is 542 g/mol. The molecular formula is C19H35IN4O4S. The van der Waals surface area contributed by atoms with Gasteiger partial charge >= 0.3 is 0 Å². The van der Waals surface area contributed by atoms with Gasteiger partial charge in [-0.25, -0.2) is 13.1 Å². The molecule has 29 heavy (non-hydrogen) atoms. The maximum Gasteiger partial charge on any atom is 0.211 e. The molecule has 0 aliphatic rings. The molecule has 0 heterocycles. The van der Waals surface area contributed by atoms with E-state index in [-0.39, 0.29) is 36.3 Å². The van der Waals surface area contributed by atoms with Gasteiger partial charge in [-0.1, -0.05) is 6.07 Å². The van der Waals surface area contributed by atoms with Crippen molar-refractivity contribution in [3.8, 4) is 11.5 Å². The number of hydrogen-bond donors (Lipinski definition) is 3. The lowest BCUT2D eigenvalue weighted by molar-refractivity contribution is 0.287. The van der Waals surface area contributed by atoms with Crippen LogP contribution in [0.1, 0.15) is 33.3 Å². The Kier molecular flexibility index (Phi) is 14.9. The van der Waals surface area contributed by atoms with Crippen molar-refractivity contribution in [1.29, 1.82) is 0 Å². The Morgan fingerprint density at radius 1 is 1.00 bits per heavy atom. The molecule has 1 aromatic carbocycles. The first-order valence-corrected chi connectivity index (χ1v) is 11.5. The number of benzene rings is 1. The standard InChI is InChI=1S/C19H34N4O4S.HI/c1-5-20-19(22-13-14-23-28(24,25)8-4)21-12-11-16-9-10-17(26-6-2)18(15-16)27-7-3;/h9-10,15,23H,5-8,11-14H2,1-4H3,(H2,20,21,22);1H. The smallest absolute Gasteiger partial charge is 0.211 e. The van der Waals surface area contributed by atoms with Crippen LogP contribution in [-0.4, -0.2) is 59.5 Å². The van der Waals surface area contributed by atoms with E-state index in [0.29, 0.717) is 32.3 Å². The molecule has 0 spiro atoms. The zero-order valence-corrected chi connectivity index (χ0v) is 20.9. The highest BCUT2D eigenvalue weighted by atomic mass is 127. The number of halogens is 1. The second kappa shape index (κ2) is 15.6. The highest BCUT2D eigenvalue weighted by Gasteiger charge is 2.07. The molecule has 0 aliphatic heterocycles. The van der Waals surface area contributed by atoms with Gasteiger partial charge in [-0.2, -0.15) is 0 Å². The normalized spacial score (nSPS) is 11.5. The van der Waals surface area contributed by atoms with Crippen molar-refractivity contribution >= 4 is 40.0 Å². The van der Waals surface area contributed by atoms with Crippen LogP contribution in [-0.2, 0) is 16.4 Å². The molecular weight excluding hydrogens is 507 g/mol. The quantitative estimate of drug-likeness (QED) is 0.153. The van der Waals surface area contributed by atoms with Crippen molar-refractivity contribution in [2.75, 3.05) is 45.1 Å². The number of nitrogens with zero attached hydrogens (tertiary/aromatic N) is 1. The van der Waals surface area contributed by atoms with E-state index in [1.807, 2.05) is 39.0 Å². The van der Waals surface area contributed by atoms with Gasteiger partial charge < -0.3 is 20.1 Å². The van der Waals surface area contributed by atoms with Gasteiger partial charge in [0.15, 0.2) is 17.5 Å². The Bertz CT molecular complexity index is 714. The van der Waals surface area contributed by atoms with Crippen LogP contribution in [0.25, 0.3) is 0 Å². The minimum absolute atomic E-state index is 0. The van der Waals surface area contributed by atoms with E-state index in [9.17, 15) is 8.42 Å². The molecule has 0 aromatic heterocycles. The maximum absolute atomic E-state index is 11.4. The Morgan fingerprint density at radius 2 is 1.69 bits per heavy atom. The molecule has 0 radical (unpaired) electrons. The summed E-state index contributed by atoms with van der Waals surface area (Å²) in [5.74, 6) is 2.24. The van der Waals surface area contributed by atoms with Gasteiger partial charge in [-0.3, -0.25) is 4.99 Å². The molecule has 168 valence electrons. The van der Waals surface area contributed by atoms with Crippen molar-refractivity contribution in [3.63, 3.8) is 0 Å². The van der Waals surface area contributed by atoms with Gasteiger partial charge in [-0.15, -0.1) is 24.0 Å². The molecule has 1 aromatic rings. The molecule has 0 bridgehead atoms. The Balaban J connectivity index is 0.00000784. The zero-order chi connectivity index (χ0) is 20.8. The minimum atomic E-state index is -3.18. The number of hydrogen-bond acceptors (Lipinski definition) is 5. The van der Waals surface area contributed by atoms with E-state index >= 15 is 0 Å². The van der Waals surface area contributed by atoms with E-state index in [2.05, 4.69) is 20.3 Å². The number of guanidine groups is 1. The summed E-state index contributed by atoms with van der Waals surface area (Å²) >= 11 is 0. The summed E-state index contributed by atoms with van der Waals surface area (Å²) in [6.45, 7) is 10.7. The predicted molar refractivity (Wildman–Crippen MR) is 129 cm³/mol. The molecule has 0 amide bonds. The predicted octanol–water partition coefficient (Wildman–Crippen LogP) is 2.14. The summed E-state index contributed by atoms with van der Waals surface area (Å²) in [5.41, 5.74) is 1.13. The molecule has 10 heteroatoms. The van der Waals surface area contributed by atoms with Crippen LogP contribution < -0.4 is 24.8 Å². The molecule has 3 N–H and O–H groups in total. The summed E-state index contributed by atoms with van der Waals surface area (Å²) in [7, 11) is -3.18. The number of aliphatic imine (C=N–C) groups is 1. The van der Waals surface area contributed by atoms with Crippen LogP contribution >= 0.6 is 24.0 Å². The van der Waals surface area contributed by atoms with Crippen LogP contribution in [0.2, 0.25) is 0 Å².